The second-order valence-electron chi connectivity index (χ2n) is 5.52. The van der Waals surface area contributed by atoms with Crippen LogP contribution in [0.3, 0.4) is 0 Å². The zero-order valence-electron chi connectivity index (χ0n) is 10.5. The molecular formula is C13H21NO3. The van der Waals surface area contributed by atoms with Crippen molar-refractivity contribution < 1.29 is 15.0 Å². The minimum absolute atomic E-state index is 0.0403. The molecule has 0 radical (unpaired) electrons. The highest BCUT2D eigenvalue weighted by Crippen LogP contribution is 2.74. The van der Waals surface area contributed by atoms with Crippen LogP contribution in [0.2, 0.25) is 0 Å². The monoisotopic (exact) mass is 239 g/mol. The number of amides is 1. The Morgan fingerprint density at radius 1 is 1.29 bits per heavy atom. The molecule has 0 heterocycles. The lowest BCUT2D eigenvalue weighted by Crippen LogP contribution is -2.47. The van der Waals surface area contributed by atoms with Crippen molar-refractivity contribution in [3.63, 3.8) is 0 Å². The Labute approximate surface area is 102 Å². The van der Waals surface area contributed by atoms with E-state index in [9.17, 15) is 15.0 Å². The van der Waals surface area contributed by atoms with E-state index >= 15 is 0 Å². The van der Waals surface area contributed by atoms with Gasteiger partial charge in [-0.25, -0.2) is 0 Å². The topological polar surface area (TPSA) is 69.6 Å². The molecule has 0 saturated heterocycles. The molecule has 2 aliphatic carbocycles. The second kappa shape index (κ2) is 3.82. The van der Waals surface area contributed by atoms with Crippen molar-refractivity contribution in [2.45, 2.75) is 44.8 Å². The number of aliphatic hydroxyl groups excluding tert-OH is 2. The number of carbonyl (C=O) groups is 1. The molecular weight excluding hydrogens is 218 g/mol. The molecule has 1 amide bonds. The number of allylic oxidation sites excluding steroid dienone is 1. The van der Waals surface area contributed by atoms with E-state index in [1.54, 1.807) is 0 Å². The van der Waals surface area contributed by atoms with Gasteiger partial charge < -0.3 is 15.5 Å². The second-order valence-corrected chi connectivity index (χ2v) is 5.52. The van der Waals surface area contributed by atoms with Gasteiger partial charge in [0, 0.05) is 12.5 Å². The summed E-state index contributed by atoms with van der Waals surface area (Å²) in [7, 11) is 1.46. The van der Waals surface area contributed by atoms with Crippen LogP contribution in [0, 0.1) is 10.8 Å². The molecule has 96 valence electrons. The van der Waals surface area contributed by atoms with E-state index in [1.807, 2.05) is 6.92 Å². The number of carbonyl (C=O) groups excluding carboxylic acids is 1. The molecule has 0 aromatic rings. The van der Waals surface area contributed by atoms with Crippen molar-refractivity contribution in [3.8, 4) is 0 Å². The third-order valence-electron chi connectivity index (χ3n) is 4.69. The lowest BCUT2D eigenvalue weighted by atomic mass is 9.75. The van der Waals surface area contributed by atoms with Gasteiger partial charge in [0.15, 0.2) is 6.10 Å². The number of rotatable bonds is 5. The third-order valence-corrected chi connectivity index (χ3v) is 4.69. The first-order valence-corrected chi connectivity index (χ1v) is 6.15. The third kappa shape index (κ3) is 1.62. The minimum atomic E-state index is -1.33. The molecule has 4 nitrogen and oxygen atoms in total. The van der Waals surface area contributed by atoms with Crippen molar-refractivity contribution in [2.75, 3.05) is 7.05 Å². The number of aliphatic hydroxyl groups is 2. The average molecular weight is 239 g/mol. The van der Waals surface area contributed by atoms with Gasteiger partial charge in [0.1, 0.15) is 0 Å². The van der Waals surface area contributed by atoms with Crippen molar-refractivity contribution >= 4 is 5.91 Å². The van der Waals surface area contributed by atoms with Gasteiger partial charge in [0.25, 0.3) is 5.91 Å². The van der Waals surface area contributed by atoms with Crippen LogP contribution in [0.1, 0.15) is 32.6 Å². The first kappa shape index (κ1) is 12.6. The van der Waals surface area contributed by atoms with E-state index in [-0.39, 0.29) is 10.8 Å². The largest absolute Gasteiger partial charge is 0.389 e. The number of hydrogen-bond acceptors (Lipinski definition) is 3. The zero-order chi connectivity index (χ0) is 12.8. The summed E-state index contributed by atoms with van der Waals surface area (Å²) in [6.07, 6.45) is 1.45. The van der Waals surface area contributed by atoms with Gasteiger partial charge in [-0.05, 0) is 38.0 Å². The van der Waals surface area contributed by atoms with Crippen LogP contribution in [0.5, 0.6) is 0 Å². The summed E-state index contributed by atoms with van der Waals surface area (Å²) in [5.41, 5.74) is 0.713. The van der Waals surface area contributed by atoms with Crippen LogP contribution >= 0.6 is 0 Å². The Balaban J connectivity index is 2.17. The van der Waals surface area contributed by atoms with Crippen molar-refractivity contribution in [3.05, 3.63) is 12.2 Å². The molecule has 0 aromatic carbocycles. The molecule has 2 fully saturated rings. The summed E-state index contributed by atoms with van der Waals surface area (Å²) >= 11 is 0. The van der Waals surface area contributed by atoms with Gasteiger partial charge in [-0.3, -0.25) is 4.79 Å². The standard InChI is InChI=1S/C13H21NO3/c1-8(2)12(4-5-12)13(6-7-13)10(16)9(15)11(17)14-3/h9-10,15-16H,1,4-7H2,2-3H3,(H,14,17)/t9-,10-/m1/s1. The molecule has 0 aromatic heterocycles. The SMILES string of the molecule is C=C(C)C1(C2([C@H](O)[C@@H](O)C(=O)NC)CC2)CC1. The Kier molecular flexibility index (Phi) is 2.83. The molecule has 2 rings (SSSR count). The molecule has 0 aliphatic heterocycles. The molecule has 2 atom stereocenters. The Morgan fingerprint density at radius 3 is 2.12 bits per heavy atom. The van der Waals surface area contributed by atoms with Crippen LogP contribution in [0.4, 0.5) is 0 Å². The molecule has 4 heteroatoms. The van der Waals surface area contributed by atoms with Crippen molar-refractivity contribution in [1.29, 1.82) is 0 Å². The average Bonchev–Trinajstić information content (AvgIpc) is 3.16. The van der Waals surface area contributed by atoms with E-state index in [4.69, 9.17) is 0 Å². The van der Waals surface area contributed by atoms with Gasteiger partial charge in [0.2, 0.25) is 0 Å². The van der Waals surface area contributed by atoms with Gasteiger partial charge in [-0.1, -0.05) is 12.2 Å². The quantitative estimate of drug-likeness (QED) is 0.615. The first-order valence-electron chi connectivity index (χ1n) is 6.15. The summed E-state index contributed by atoms with van der Waals surface area (Å²) in [4.78, 5) is 11.4. The maximum atomic E-state index is 11.4. The van der Waals surface area contributed by atoms with E-state index < -0.39 is 18.1 Å². The maximum Gasteiger partial charge on any atom is 0.251 e. The highest BCUT2D eigenvalue weighted by Gasteiger charge is 2.69. The van der Waals surface area contributed by atoms with E-state index in [0.717, 1.165) is 31.3 Å². The molecule has 3 N–H and O–H groups in total. The molecule has 17 heavy (non-hydrogen) atoms. The Bertz CT molecular complexity index is 356. The molecule has 0 unspecified atom stereocenters. The first-order chi connectivity index (χ1) is 7.91. The minimum Gasteiger partial charge on any atom is -0.389 e. The van der Waals surface area contributed by atoms with Gasteiger partial charge in [-0.2, -0.15) is 0 Å². The van der Waals surface area contributed by atoms with Gasteiger partial charge in [0.05, 0.1) is 6.10 Å². The smallest absolute Gasteiger partial charge is 0.251 e. The summed E-state index contributed by atoms with van der Waals surface area (Å²) in [5, 5.41) is 22.5. The van der Waals surface area contributed by atoms with Crippen LogP contribution in [0.25, 0.3) is 0 Å². The molecule has 2 saturated carbocycles. The summed E-state index contributed by atoms with van der Waals surface area (Å²) in [6.45, 7) is 5.99. The summed E-state index contributed by atoms with van der Waals surface area (Å²) < 4.78 is 0. The highest BCUT2D eigenvalue weighted by molar-refractivity contribution is 5.81. The van der Waals surface area contributed by atoms with Crippen LogP contribution in [-0.2, 0) is 4.79 Å². The van der Waals surface area contributed by atoms with Crippen LogP contribution < -0.4 is 5.32 Å². The number of nitrogens with one attached hydrogen (secondary N) is 1. The number of hydrogen-bond donors (Lipinski definition) is 3. The molecule has 2 aliphatic rings. The summed E-state index contributed by atoms with van der Waals surface area (Å²) in [6, 6.07) is 0. The lowest BCUT2D eigenvalue weighted by molar-refractivity contribution is -0.139. The lowest BCUT2D eigenvalue weighted by Gasteiger charge is -2.33. The fourth-order valence-electron chi connectivity index (χ4n) is 3.26. The fraction of sp³-hybridized carbons (Fsp3) is 0.769. The molecule has 0 spiro atoms. The van der Waals surface area contributed by atoms with E-state index in [0.29, 0.717) is 0 Å². The maximum absolute atomic E-state index is 11.4. The van der Waals surface area contributed by atoms with Crippen LogP contribution in [0.15, 0.2) is 12.2 Å². The number of likely N-dealkylation sites (N-methyl/N-ethyl adjacent to an activating group) is 1. The van der Waals surface area contributed by atoms with Crippen LogP contribution in [-0.4, -0.2) is 35.4 Å². The molecule has 0 bridgehead atoms. The van der Waals surface area contributed by atoms with Crippen molar-refractivity contribution in [2.24, 2.45) is 10.8 Å². The summed E-state index contributed by atoms with van der Waals surface area (Å²) in [5.74, 6) is -0.513. The van der Waals surface area contributed by atoms with Crippen molar-refractivity contribution in [1.82, 2.24) is 5.32 Å². The van der Waals surface area contributed by atoms with E-state index in [2.05, 4.69) is 11.9 Å². The fourth-order valence-corrected chi connectivity index (χ4v) is 3.26. The zero-order valence-corrected chi connectivity index (χ0v) is 10.5. The Morgan fingerprint density at radius 2 is 1.82 bits per heavy atom. The highest BCUT2D eigenvalue weighted by atomic mass is 16.3. The van der Waals surface area contributed by atoms with E-state index in [1.165, 1.54) is 7.05 Å². The normalized spacial score (nSPS) is 26.8. The predicted octanol–water partition coefficient (Wildman–Crippen LogP) is 0.591. The van der Waals surface area contributed by atoms with Gasteiger partial charge in [-0.15, -0.1) is 0 Å². The predicted molar refractivity (Wildman–Crippen MR) is 64.2 cm³/mol. The Hall–Kier alpha value is -0.870. The van der Waals surface area contributed by atoms with Gasteiger partial charge >= 0.3 is 0 Å².